The van der Waals surface area contributed by atoms with E-state index >= 15 is 0 Å². The van der Waals surface area contributed by atoms with Crippen molar-refractivity contribution in [2.75, 3.05) is 37.8 Å². The van der Waals surface area contributed by atoms with Crippen LogP contribution in [0.3, 0.4) is 0 Å². The predicted octanol–water partition coefficient (Wildman–Crippen LogP) is 1.45. The van der Waals surface area contributed by atoms with Crippen molar-refractivity contribution in [3.8, 4) is 5.88 Å². The first-order chi connectivity index (χ1) is 11.0. The number of nitrogens with two attached hydrogens (primary N) is 1. The van der Waals surface area contributed by atoms with Crippen LogP contribution in [0.1, 0.15) is 6.42 Å². The zero-order chi connectivity index (χ0) is 16.4. The van der Waals surface area contributed by atoms with Gasteiger partial charge in [0.2, 0.25) is 11.8 Å². The van der Waals surface area contributed by atoms with Gasteiger partial charge in [0.15, 0.2) is 0 Å². The zero-order valence-electron chi connectivity index (χ0n) is 13.2. The molecule has 0 aliphatic carbocycles. The number of aromatic hydroxyl groups is 1. The van der Waals surface area contributed by atoms with Gasteiger partial charge in [-0.15, -0.1) is 0 Å². The summed E-state index contributed by atoms with van der Waals surface area (Å²) < 4.78 is 0. The average Bonchev–Trinajstić information content (AvgIpc) is 3.01. The molecule has 3 heterocycles. The summed E-state index contributed by atoms with van der Waals surface area (Å²) in [5.41, 5.74) is 5.57. The molecule has 3 rings (SSSR count). The molecule has 0 bridgehead atoms. The molecule has 0 saturated carbocycles. The number of hydrogen-bond acceptors (Lipinski definition) is 8. The van der Waals surface area contributed by atoms with Crippen molar-refractivity contribution >= 4 is 23.5 Å². The van der Waals surface area contributed by atoms with Crippen LogP contribution >= 0.6 is 11.8 Å². The summed E-state index contributed by atoms with van der Waals surface area (Å²) in [6.07, 6.45) is 4.39. The first-order valence-electron chi connectivity index (χ1n) is 7.39. The predicted molar refractivity (Wildman–Crippen MR) is 90.8 cm³/mol. The van der Waals surface area contributed by atoms with Crippen molar-refractivity contribution in [2.24, 2.45) is 0 Å². The molecule has 3 N–H and O–H groups in total. The lowest BCUT2D eigenvalue weighted by atomic mass is 10.2. The van der Waals surface area contributed by atoms with E-state index in [1.807, 2.05) is 6.07 Å². The van der Waals surface area contributed by atoms with Crippen LogP contribution in [0.5, 0.6) is 5.88 Å². The van der Waals surface area contributed by atoms with Crippen LogP contribution < -0.4 is 10.6 Å². The maximum atomic E-state index is 10.2. The highest BCUT2D eigenvalue weighted by Gasteiger charge is 2.26. The third-order valence-electron chi connectivity index (χ3n) is 3.89. The fourth-order valence-corrected chi connectivity index (χ4v) is 3.24. The van der Waals surface area contributed by atoms with Gasteiger partial charge in [-0.25, -0.2) is 9.97 Å². The normalized spacial score (nSPS) is 17.9. The number of nitrogen functional groups attached to an aromatic ring is 1. The molecule has 8 heteroatoms. The Balaban J connectivity index is 1.72. The van der Waals surface area contributed by atoms with Gasteiger partial charge in [0.05, 0.1) is 11.1 Å². The molecule has 0 amide bonds. The molecule has 122 valence electrons. The van der Waals surface area contributed by atoms with Crippen LogP contribution in [-0.4, -0.2) is 58.2 Å². The molecule has 1 atom stereocenters. The fraction of sp³-hybridized carbons (Fsp3) is 0.400. The number of hydrogen-bond donors (Lipinski definition) is 2. The van der Waals surface area contributed by atoms with Crippen LogP contribution in [-0.2, 0) is 0 Å². The highest BCUT2D eigenvalue weighted by molar-refractivity contribution is 7.99. The van der Waals surface area contributed by atoms with Crippen molar-refractivity contribution in [1.82, 2.24) is 19.9 Å². The lowest BCUT2D eigenvalue weighted by molar-refractivity contribution is 0.315. The minimum Gasteiger partial charge on any atom is -0.492 e. The minimum absolute atomic E-state index is 0.00914. The second kappa shape index (κ2) is 6.59. The monoisotopic (exact) mass is 332 g/mol. The minimum atomic E-state index is -0.00914. The van der Waals surface area contributed by atoms with Crippen LogP contribution in [0, 0.1) is 0 Å². The summed E-state index contributed by atoms with van der Waals surface area (Å²) in [6, 6.07) is 4.07. The Morgan fingerprint density at radius 1 is 1.30 bits per heavy atom. The number of pyridine rings is 1. The summed E-state index contributed by atoms with van der Waals surface area (Å²) in [4.78, 5) is 18.5. The smallest absolute Gasteiger partial charge is 0.230 e. The Labute approximate surface area is 139 Å². The van der Waals surface area contributed by atoms with E-state index < -0.39 is 0 Å². The third-order valence-corrected chi connectivity index (χ3v) is 4.87. The SMILES string of the molecule is CN(C)[C@@H]1CCN(c2ncc(Sc3ccc(N)nc3)c(O)n2)C1. The Morgan fingerprint density at radius 3 is 2.74 bits per heavy atom. The molecule has 1 aliphatic rings. The standard InChI is InChI=1S/C15H20N6OS/c1-20(2)10-5-6-21(9-10)15-18-8-12(14(22)19-15)23-11-3-4-13(16)17-7-11/h3-4,7-8,10H,5-6,9H2,1-2H3,(H2,16,17)(H,18,19,22)/t10-/m1/s1. The molecule has 23 heavy (non-hydrogen) atoms. The third kappa shape index (κ3) is 3.65. The number of rotatable bonds is 4. The fourth-order valence-electron chi connectivity index (χ4n) is 2.50. The van der Waals surface area contributed by atoms with Crippen molar-refractivity contribution in [3.63, 3.8) is 0 Å². The lowest BCUT2D eigenvalue weighted by Crippen LogP contribution is -2.32. The highest BCUT2D eigenvalue weighted by Crippen LogP contribution is 2.33. The maximum Gasteiger partial charge on any atom is 0.230 e. The molecule has 2 aromatic rings. The number of likely N-dealkylation sites (N-methyl/N-ethyl adjacent to an activating group) is 1. The molecule has 1 fully saturated rings. The van der Waals surface area contributed by atoms with E-state index in [1.165, 1.54) is 11.8 Å². The van der Waals surface area contributed by atoms with Gasteiger partial charge in [-0.3, -0.25) is 0 Å². The van der Waals surface area contributed by atoms with Crippen molar-refractivity contribution in [3.05, 3.63) is 24.5 Å². The number of aromatic nitrogens is 3. The average molecular weight is 332 g/mol. The van der Waals surface area contributed by atoms with Crippen LogP contribution in [0.15, 0.2) is 34.3 Å². The van der Waals surface area contributed by atoms with Gasteiger partial charge in [-0.2, -0.15) is 4.98 Å². The van der Waals surface area contributed by atoms with Crippen molar-refractivity contribution in [1.29, 1.82) is 0 Å². The largest absolute Gasteiger partial charge is 0.492 e. The van der Waals surface area contributed by atoms with Gasteiger partial charge >= 0.3 is 0 Å². The molecule has 0 aromatic carbocycles. The van der Waals surface area contributed by atoms with Gasteiger partial charge in [0.1, 0.15) is 5.82 Å². The van der Waals surface area contributed by atoms with Gasteiger partial charge in [-0.05, 0) is 32.6 Å². The van der Waals surface area contributed by atoms with Gasteiger partial charge < -0.3 is 20.6 Å². The van der Waals surface area contributed by atoms with Crippen molar-refractivity contribution in [2.45, 2.75) is 22.3 Å². The van der Waals surface area contributed by atoms with Crippen LogP contribution in [0.4, 0.5) is 11.8 Å². The molecule has 0 spiro atoms. The van der Waals surface area contributed by atoms with E-state index in [0.717, 1.165) is 24.4 Å². The lowest BCUT2D eigenvalue weighted by Gasteiger charge is -2.20. The summed E-state index contributed by atoms with van der Waals surface area (Å²) in [7, 11) is 4.15. The van der Waals surface area contributed by atoms with E-state index in [4.69, 9.17) is 5.73 Å². The zero-order valence-corrected chi connectivity index (χ0v) is 14.0. The second-order valence-electron chi connectivity index (χ2n) is 5.73. The molecule has 1 aliphatic heterocycles. The van der Waals surface area contributed by atoms with Crippen LogP contribution in [0.2, 0.25) is 0 Å². The first kappa shape index (κ1) is 15.8. The molecule has 7 nitrogen and oxygen atoms in total. The first-order valence-corrected chi connectivity index (χ1v) is 8.21. The topological polar surface area (TPSA) is 91.4 Å². The van der Waals surface area contributed by atoms with E-state index in [-0.39, 0.29) is 5.88 Å². The Kier molecular flexibility index (Phi) is 4.53. The highest BCUT2D eigenvalue weighted by atomic mass is 32.2. The maximum absolute atomic E-state index is 10.2. The van der Waals surface area contributed by atoms with Gasteiger partial charge in [0.25, 0.3) is 0 Å². The Hall–Kier alpha value is -2.06. The van der Waals surface area contributed by atoms with Crippen molar-refractivity contribution < 1.29 is 5.11 Å². The summed E-state index contributed by atoms with van der Waals surface area (Å²) >= 11 is 1.36. The second-order valence-corrected chi connectivity index (χ2v) is 6.85. The summed E-state index contributed by atoms with van der Waals surface area (Å²) in [5.74, 6) is 1.03. The molecule has 0 unspecified atom stereocenters. The molecule has 1 saturated heterocycles. The van der Waals surface area contributed by atoms with Gasteiger partial charge in [-0.1, -0.05) is 11.8 Å². The van der Waals surface area contributed by atoms with E-state index in [2.05, 4.69) is 38.8 Å². The number of anilines is 2. The Bertz CT molecular complexity index is 678. The summed E-state index contributed by atoms with van der Waals surface area (Å²) in [6.45, 7) is 1.78. The molecular weight excluding hydrogens is 312 g/mol. The Morgan fingerprint density at radius 2 is 2.13 bits per heavy atom. The molecule has 2 aromatic heterocycles. The summed E-state index contributed by atoms with van der Waals surface area (Å²) in [5, 5.41) is 10.2. The van der Waals surface area contributed by atoms with E-state index in [1.54, 1.807) is 18.5 Å². The molecule has 0 radical (unpaired) electrons. The van der Waals surface area contributed by atoms with Crippen LogP contribution in [0.25, 0.3) is 0 Å². The van der Waals surface area contributed by atoms with Gasteiger partial charge in [0, 0.05) is 30.2 Å². The molecular formula is C15H20N6OS. The quantitative estimate of drug-likeness (QED) is 0.869. The van der Waals surface area contributed by atoms with E-state index in [9.17, 15) is 5.11 Å². The van der Waals surface area contributed by atoms with E-state index in [0.29, 0.717) is 22.7 Å². The number of nitrogens with zero attached hydrogens (tertiary/aromatic N) is 5.